The predicted octanol–water partition coefficient (Wildman–Crippen LogP) is 2.17. The van der Waals surface area contributed by atoms with Crippen molar-refractivity contribution in [3.05, 3.63) is 23.2 Å². The minimum absolute atomic E-state index is 0.0685. The van der Waals surface area contributed by atoms with Crippen molar-refractivity contribution in [3.8, 4) is 5.75 Å². The van der Waals surface area contributed by atoms with Crippen molar-refractivity contribution in [2.24, 2.45) is 0 Å². The van der Waals surface area contributed by atoms with E-state index in [0.717, 1.165) is 12.1 Å². The maximum absolute atomic E-state index is 12.3. The van der Waals surface area contributed by atoms with Crippen molar-refractivity contribution in [1.82, 2.24) is 9.62 Å². The summed E-state index contributed by atoms with van der Waals surface area (Å²) in [4.78, 5) is -0.0685. The number of alkyl halides is 2. The predicted molar refractivity (Wildman–Crippen MR) is 76.4 cm³/mol. The number of hydrogen-bond donors (Lipinski definition) is 1. The van der Waals surface area contributed by atoms with Crippen LogP contribution in [0.1, 0.15) is 6.42 Å². The van der Waals surface area contributed by atoms with Crippen molar-refractivity contribution in [3.63, 3.8) is 0 Å². The molecule has 5 nitrogen and oxygen atoms in total. The van der Waals surface area contributed by atoms with Gasteiger partial charge in [0.25, 0.3) is 0 Å². The van der Waals surface area contributed by atoms with E-state index in [2.05, 4.69) is 10.1 Å². The number of nitrogens with zero attached hydrogens (tertiary/aromatic N) is 1. The molecule has 9 heteroatoms. The van der Waals surface area contributed by atoms with Crippen molar-refractivity contribution in [1.29, 1.82) is 0 Å². The highest BCUT2D eigenvalue weighted by atomic mass is 35.5. The summed E-state index contributed by atoms with van der Waals surface area (Å²) in [5.74, 6) is -0.261. The fourth-order valence-corrected chi connectivity index (χ4v) is 3.14. The van der Waals surface area contributed by atoms with E-state index >= 15 is 0 Å². The molecule has 1 rings (SSSR count). The molecule has 0 aliphatic carbocycles. The molecule has 0 bridgehead atoms. The van der Waals surface area contributed by atoms with E-state index in [0.29, 0.717) is 19.5 Å². The smallest absolute Gasteiger partial charge is 0.387 e. The Morgan fingerprint density at radius 3 is 2.62 bits per heavy atom. The number of sulfonamides is 1. The molecule has 1 aromatic carbocycles. The third kappa shape index (κ3) is 5.06. The molecule has 120 valence electrons. The van der Waals surface area contributed by atoms with Gasteiger partial charge in [0.1, 0.15) is 5.75 Å². The molecule has 0 aliphatic rings. The van der Waals surface area contributed by atoms with Gasteiger partial charge < -0.3 is 10.1 Å². The first-order valence-corrected chi connectivity index (χ1v) is 7.96. The fourth-order valence-electron chi connectivity index (χ4n) is 1.61. The van der Waals surface area contributed by atoms with E-state index in [1.54, 1.807) is 7.05 Å². The first-order valence-electron chi connectivity index (χ1n) is 6.14. The molecular formula is C12H17ClF2N2O3S. The second kappa shape index (κ2) is 7.88. The lowest BCUT2D eigenvalue weighted by Gasteiger charge is -2.17. The van der Waals surface area contributed by atoms with Crippen LogP contribution in [0.5, 0.6) is 5.75 Å². The first-order chi connectivity index (χ1) is 9.78. The maximum Gasteiger partial charge on any atom is 0.387 e. The Morgan fingerprint density at radius 2 is 2.10 bits per heavy atom. The van der Waals surface area contributed by atoms with Crippen molar-refractivity contribution in [2.45, 2.75) is 17.9 Å². The average Bonchev–Trinajstić information content (AvgIpc) is 2.40. The molecule has 0 aromatic heterocycles. The van der Waals surface area contributed by atoms with Gasteiger partial charge in [-0.05, 0) is 38.2 Å². The summed E-state index contributed by atoms with van der Waals surface area (Å²) in [5.41, 5.74) is 0. The number of ether oxygens (including phenoxy) is 1. The SMILES string of the molecule is CNCCCN(C)S(=O)(=O)c1ccc(OC(F)F)c(Cl)c1. The quantitative estimate of drug-likeness (QED) is 0.736. The highest BCUT2D eigenvalue weighted by Crippen LogP contribution is 2.29. The molecule has 0 saturated heterocycles. The monoisotopic (exact) mass is 342 g/mol. The van der Waals surface area contributed by atoms with Crippen LogP contribution in [0.15, 0.2) is 23.1 Å². The van der Waals surface area contributed by atoms with Crippen LogP contribution in [0, 0.1) is 0 Å². The van der Waals surface area contributed by atoms with Crippen molar-refractivity contribution < 1.29 is 21.9 Å². The van der Waals surface area contributed by atoms with Gasteiger partial charge in [-0.25, -0.2) is 12.7 Å². The van der Waals surface area contributed by atoms with Gasteiger partial charge in [0.05, 0.1) is 9.92 Å². The van der Waals surface area contributed by atoms with Crippen LogP contribution in [-0.2, 0) is 10.0 Å². The minimum atomic E-state index is -3.71. The second-order valence-corrected chi connectivity index (χ2v) is 6.71. The molecule has 0 spiro atoms. The molecule has 0 unspecified atom stereocenters. The lowest BCUT2D eigenvalue weighted by molar-refractivity contribution is -0.0498. The van der Waals surface area contributed by atoms with Crippen LogP contribution in [0.3, 0.4) is 0 Å². The zero-order chi connectivity index (χ0) is 16.0. The van der Waals surface area contributed by atoms with E-state index in [1.165, 1.54) is 17.4 Å². The zero-order valence-corrected chi connectivity index (χ0v) is 13.2. The Balaban J connectivity index is 2.91. The molecule has 1 N–H and O–H groups in total. The third-order valence-electron chi connectivity index (χ3n) is 2.73. The third-order valence-corrected chi connectivity index (χ3v) is 4.88. The number of benzene rings is 1. The molecule has 0 fully saturated rings. The Kier molecular flexibility index (Phi) is 6.79. The summed E-state index contributed by atoms with van der Waals surface area (Å²) in [6.45, 7) is -2.01. The summed E-state index contributed by atoms with van der Waals surface area (Å²) >= 11 is 5.76. The average molecular weight is 343 g/mol. The van der Waals surface area contributed by atoms with E-state index in [1.807, 2.05) is 0 Å². The van der Waals surface area contributed by atoms with E-state index in [9.17, 15) is 17.2 Å². The number of hydrogen-bond acceptors (Lipinski definition) is 4. The molecule has 0 atom stereocenters. The summed E-state index contributed by atoms with van der Waals surface area (Å²) < 4.78 is 54.1. The minimum Gasteiger partial charge on any atom is -0.433 e. The molecule has 0 saturated carbocycles. The van der Waals surface area contributed by atoms with E-state index in [-0.39, 0.29) is 15.7 Å². The maximum atomic E-state index is 12.3. The van der Waals surface area contributed by atoms with Gasteiger partial charge in [0.15, 0.2) is 0 Å². The van der Waals surface area contributed by atoms with Crippen LogP contribution < -0.4 is 10.1 Å². The normalized spacial score (nSPS) is 12.1. The Labute approximate surface area is 127 Å². The van der Waals surface area contributed by atoms with Crippen molar-refractivity contribution in [2.75, 3.05) is 27.2 Å². The molecule has 0 aliphatic heterocycles. The van der Waals surface area contributed by atoms with Gasteiger partial charge in [-0.1, -0.05) is 11.6 Å². The summed E-state index contributed by atoms with van der Waals surface area (Å²) in [6, 6.07) is 3.40. The number of nitrogens with one attached hydrogen (secondary N) is 1. The molecule has 1 aromatic rings. The second-order valence-electron chi connectivity index (χ2n) is 4.25. The Bertz CT molecular complexity index is 570. The lowest BCUT2D eigenvalue weighted by Crippen LogP contribution is -2.29. The summed E-state index contributed by atoms with van der Waals surface area (Å²) in [6.07, 6.45) is 0.645. The molecular weight excluding hydrogens is 326 g/mol. The van der Waals surface area contributed by atoms with Crippen LogP contribution in [-0.4, -0.2) is 46.5 Å². The van der Waals surface area contributed by atoms with Gasteiger partial charge >= 0.3 is 6.61 Å². The van der Waals surface area contributed by atoms with E-state index in [4.69, 9.17) is 11.6 Å². The lowest BCUT2D eigenvalue weighted by atomic mass is 10.3. The van der Waals surface area contributed by atoms with Gasteiger partial charge in [-0.3, -0.25) is 0 Å². The van der Waals surface area contributed by atoms with Gasteiger partial charge in [-0.15, -0.1) is 0 Å². The van der Waals surface area contributed by atoms with E-state index < -0.39 is 16.6 Å². The highest BCUT2D eigenvalue weighted by molar-refractivity contribution is 7.89. The zero-order valence-electron chi connectivity index (χ0n) is 11.6. The van der Waals surface area contributed by atoms with Crippen LogP contribution in [0.2, 0.25) is 5.02 Å². The fraction of sp³-hybridized carbons (Fsp3) is 0.500. The van der Waals surface area contributed by atoms with Crippen LogP contribution in [0.4, 0.5) is 8.78 Å². The number of halogens is 3. The summed E-state index contributed by atoms with van der Waals surface area (Å²) in [7, 11) is -0.488. The Morgan fingerprint density at radius 1 is 1.43 bits per heavy atom. The largest absolute Gasteiger partial charge is 0.433 e. The standard InChI is InChI=1S/C12H17ClF2N2O3S/c1-16-6-3-7-17(2)21(18,19)9-4-5-11(10(13)8-9)20-12(14)15/h4-5,8,12,16H,3,6-7H2,1-2H3. The topological polar surface area (TPSA) is 58.6 Å². The van der Waals surface area contributed by atoms with Crippen LogP contribution >= 0.6 is 11.6 Å². The molecule has 0 amide bonds. The summed E-state index contributed by atoms with van der Waals surface area (Å²) in [5, 5.41) is 2.74. The highest BCUT2D eigenvalue weighted by Gasteiger charge is 2.22. The van der Waals surface area contributed by atoms with Gasteiger partial charge in [0, 0.05) is 13.6 Å². The van der Waals surface area contributed by atoms with Crippen molar-refractivity contribution >= 4 is 21.6 Å². The first kappa shape index (κ1) is 18.1. The molecule has 0 heterocycles. The van der Waals surface area contributed by atoms with Crippen LogP contribution in [0.25, 0.3) is 0 Å². The molecule has 21 heavy (non-hydrogen) atoms. The van der Waals surface area contributed by atoms with Gasteiger partial charge in [0.2, 0.25) is 10.0 Å². The van der Waals surface area contributed by atoms with Gasteiger partial charge in [-0.2, -0.15) is 8.78 Å². The number of rotatable bonds is 8. The Hall–Kier alpha value is -0.960. The molecule has 0 radical (unpaired) electrons.